The number of benzene rings is 1. The number of hydrogen-bond donors (Lipinski definition) is 1. The average Bonchev–Trinajstić information content (AvgIpc) is 3.28. The molecule has 3 amide bonds. The fraction of sp³-hybridized carbons (Fsp3) is 0.333. The molecular formula is C21H22N2O6. The molecule has 0 unspecified atom stereocenters. The van der Waals surface area contributed by atoms with Crippen LogP contribution in [0.25, 0.3) is 0 Å². The molecule has 1 N–H and O–H groups in total. The first kappa shape index (κ1) is 20.3. The van der Waals surface area contributed by atoms with E-state index in [1.54, 1.807) is 12.1 Å². The summed E-state index contributed by atoms with van der Waals surface area (Å²) in [5, 5.41) is 2.69. The summed E-state index contributed by atoms with van der Waals surface area (Å²) in [5.74, 6) is -1.37. The lowest BCUT2D eigenvalue weighted by Gasteiger charge is -2.14. The maximum Gasteiger partial charge on any atom is 0.338 e. The Balaban J connectivity index is 1.70. The second kappa shape index (κ2) is 8.30. The normalized spacial score (nSPS) is 14.1. The van der Waals surface area contributed by atoms with Crippen LogP contribution in [0.15, 0.2) is 41.0 Å². The van der Waals surface area contributed by atoms with Crippen LogP contribution in [0.4, 0.5) is 0 Å². The number of carbonyl (C=O) groups is 4. The molecule has 0 aliphatic carbocycles. The van der Waals surface area contributed by atoms with E-state index in [1.165, 1.54) is 31.4 Å². The summed E-state index contributed by atoms with van der Waals surface area (Å²) < 4.78 is 10.4. The summed E-state index contributed by atoms with van der Waals surface area (Å²) in [5.41, 5.74) is 0.419. The summed E-state index contributed by atoms with van der Waals surface area (Å²) in [6.07, 6.45) is 0.474. The summed E-state index contributed by atoms with van der Waals surface area (Å²) in [6, 6.07) is 7.47. The van der Waals surface area contributed by atoms with Crippen molar-refractivity contribution in [1.82, 2.24) is 10.2 Å². The molecule has 0 saturated heterocycles. The predicted octanol–water partition coefficient (Wildman–Crippen LogP) is 2.39. The zero-order chi connectivity index (χ0) is 21.1. The van der Waals surface area contributed by atoms with E-state index < -0.39 is 29.8 Å². The standard InChI is InChI=1S/C21H22N2O6/c1-12(2)10-22-18(24)13(3)29-21(27)14-6-7-16-17(9-14)20(26)23(19(16)25)11-15-5-4-8-28-15/h4-9,12-13H,10-11H2,1-3H3,(H,22,24)/t13-/m1/s1. The van der Waals surface area contributed by atoms with Gasteiger partial charge in [0.25, 0.3) is 17.7 Å². The van der Waals surface area contributed by atoms with Crippen LogP contribution in [0.2, 0.25) is 0 Å². The Morgan fingerprint density at radius 2 is 1.83 bits per heavy atom. The summed E-state index contributed by atoms with van der Waals surface area (Å²) in [6.45, 7) is 5.86. The van der Waals surface area contributed by atoms with Crippen molar-refractivity contribution in [3.63, 3.8) is 0 Å². The van der Waals surface area contributed by atoms with Gasteiger partial charge in [-0.15, -0.1) is 0 Å². The molecule has 1 aliphatic rings. The number of esters is 1. The third-order valence-corrected chi connectivity index (χ3v) is 4.44. The van der Waals surface area contributed by atoms with E-state index in [1.807, 2.05) is 13.8 Å². The van der Waals surface area contributed by atoms with Crippen molar-refractivity contribution in [2.45, 2.75) is 33.4 Å². The largest absolute Gasteiger partial charge is 0.467 e. The monoisotopic (exact) mass is 398 g/mol. The first-order valence-electron chi connectivity index (χ1n) is 9.29. The van der Waals surface area contributed by atoms with Gasteiger partial charge in [-0.2, -0.15) is 0 Å². The molecule has 152 valence electrons. The average molecular weight is 398 g/mol. The number of imide groups is 1. The molecule has 2 aromatic rings. The fourth-order valence-electron chi connectivity index (χ4n) is 2.85. The maximum atomic E-state index is 12.6. The van der Waals surface area contributed by atoms with E-state index >= 15 is 0 Å². The highest BCUT2D eigenvalue weighted by Crippen LogP contribution is 2.26. The SMILES string of the molecule is CC(C)CNC(=O)[C@@H](C)OC(=O)c1ccc2c(c1)C(=O)N(Cc1ccco1)C2=O. The number of nitrogens with one attached hydrogen (secondary N) is 1. The Hall–Kier alpha value is -3.42. The van der Waals surface area contributed by atoms with E-state index in [9.17, 15) is 19.2 Å². The summed E-state index contributed by atoms with van der Waals surface area (Å²) in [7, 11) is 0. The van der Waals surface area contributed by atoms with Crippen LogP contribution in [-0.2, 0) is 16.1 Å². The molecule has 0 radical (unpaired) electrons. The fourth-order valence-corrected chi connectivity index (χ4v) is 2.85. The Labute approximate surface area is 167 Å². The van der Waals surface area contributed by atoms with Crippen molar-refractivity contribution >= 4 is 23.7 Å². The Kier molecular flexibility index (Phi) is 5.81. The molecule has 0 bridgehead atoms. The topological polar surface area (TPSA) is 106 Å². The van der Waals surface area contributed by atoms with E-state index in [4.69, 9.17) is 9.15 Å². The van der Waals surface area contributed by atoms with Crippen molar-refractivity contribution in [3.8, 4) is 0 Å². The van der Waals surface area contributed by atoms with Gasteiger partial charge in [-0.25, -0.2) is 4.79 Å². The smallest absolute Gasteiger partial charge is 0.338 e. The lowest BCUT2D eigenvalue weighted by Crippen LogP contribution is -2.37. The molecule has 8 heteroatoms. The van der Waals surface area contributed by atoms with E-state index in [-0.39, 0.29) is 29.2 Å². The zero-order valence-corrected chi connectivity index (χ0v) is 16.4. The molecule has 0 saturated carbocycles. The van der Waals surface area contributed by atoms with E-state index in [0.717, 1.165) is 4.90 Å². The van der Waals surface area contributed by atoms with Gasteiger partial charge in [0.1, 0.15) is 5.76 Å². The van der Waals surface area contributed by atoms with Gasteiger partial charge in [0.2, 0.25) is 0 Å². The molecule has 1 aliphatic heterocycles. The Morgan fingerprint density at radius 3 is 2.48 bits per heavy atom. The number of nitrogens with zero attached hydrogens (tertiary/aromatic N) is 1. The number of carbonyl (C=O) groups excluding carboxylic acids is 4. The molecule has 3 rings (SSSR count). The summed E-state index contributed by atoms with van der Waals surface area (Å²) in [4.78, 5) is 50.6. The number of hydrogen-bond acceptors (Lipinski definition) is 6. The molecule has 0 spiro atoms. The molecule has 1 aromatic heterocycles. The van der Waals surface area contributed by atoms with Crippen molar-refractivity contribution in [1.29, 1.82) is 0 Å². The summed E-state index contributed by atoms with van der Waals surface area (Å²) >= 11 is 0. The quantitative estimate of drug-likeness (QED) is 0.567. The van der Waals surface area contributed by atoms with Crippen LogP contribution in [-0.4, -0.2) is 41.2 Å². The predicted molar refractivity (Wildman–Crippen MR) is 102 cm³/mol. The van der Waals surface area contributed by atoms with Gasteiger partial charge in [0.15, 0.2) is 6.10 Å². The molecule has 8 nitrogen and oxygen atoms in total. The highest BCUT2D eigenvalue weighted by atomic mass is 16.5. The number of amides is 3. The number of fused-ring (bicyclic) bond motifs is 1. The lowest BCUT2D eigenvalue weighted by atomic mass is 10.1. The Bertz CT molecular complexity index is 948. The number of ether oxygens (including phenoxy) is 1. The maximum absolute atomic E-state index is 12.6. The van der Waals surface area contributed by atoms with Crippen LogP contribution in [0.3, 0.4) is 0 Å². The lowest BCUT2D eigenvalue weighted by molar-refractivity contribution is -0.129. The van der Waals surface area contributed by atoms with Crippen molar-refractivity contribution < 1.29 is 28.3 Å². The van der Waals surface area contributed by atoms with Crippen LogP contribution >= 0.6 is 0 Å². The first-order valence-corrected chi connectivity index (χ1v) is 9.29. The third kappa shape index (κ3) is 4.37. The van der Waals surface area contributed by atoms with Gasteiger partial charge in [-0.1, -0.05) is 13.8 Å². The van der Waals surface area contributed by atoms with E-state index in [0.29, 0.717) is 12.3 Å². The van der Waals surface area contributed by atoms with Crippen molar-refractivity contribution in [2.24, 2.45) is 5.92 Å². The van der Waals surface area contributed by atoms with Crippen LogP contribution in [0, 0.1) is 5.92 Å². The minimum Gasteiger partial charge on any atom is -0.467 e. The van der Waals surface area contributed by atoms with Gasteiger partial charge in [0.05, 0.1) is 29.5 Å². The first-order chi connectivity index (χ1) is 13.8. The molecule has 1 atom stereocenters. The van der Waals surface area contributed by atoms with Gasteiger partial charge in [0, 0.05) is 6.54 Å². The number of rotatable bonds is 7. The molecular weight excluding hydrogens is 376 g/mol. The zero-order valence-electron chi connectivity index (χ0n) is 16.4. The third-order valence-electron chi connectivity index (χ3n) is 4.44. The second-order valence-corrected chi connectivity index (χ2v) is 7.22. The van der Waals surface area contributed by atoms with Crippen LogP contribution in [0.5, 0.6) is 0 Å². The molecule has 0 fully saturated rings. The number of furan rings is 1. The minimum absolute atomic E-state index is 0.00613. The highest BCUT2D eigenvalue weighted by molar-refractivity contribution is 6.21. The van der Waals surface area contributed by atoms with E-state index in [2.05, 4.69) is 5.32 Å². The van der Waals surface area contributed by atoms with Crippen LogP contribution in [0.1, 0.15) is 57.6 Å². The van der Waals surface area contributed by atoms with Crippen LogP contribution < -0.4 is 5.32 Å². The van der Waals surface area contributed by atoms with Gasteiger partial charge < -0.3 is 14.5 Å². The van der Waals surface area contributed by atoms with Gasteiger partial charge >= 0.3 is 5.97 Å². The van der Waals surface area contributed by atoms with Gasteiger partial charge in [-0.05, 0) is 43.2 Å². The van der Waals surface area contributed by atoms with Gasteiger partial charge in [-0.3, -0.25) is 19.3 Å². The molecule has 2 heterocycles. The molecule has 1 aromatic carbocycles. The Morgan fingerprint density at radius 1 is 1.10 bits per heavy atom. The second-order valence-electron chi connectivity index (χ2n) is 7.22. The highest BCUT2D eigenvalue weighted by Gasteiger charge is 2.36. The van der Waals surface area contributed by atoms with Crippen molar-refractivity contribution in [3.05, 3.63) is 59.0 Å². The van der Waals surface area contributed by atoms with Crippen molar-refractivity contribution in [2.75, 3.05) is 6.54 Å². The minimum atomic E-state index is -0.984. The molecule has 29 heavy (non-hydrogen) atoms.